The van der Waals surface area contributed by atoms with Crippen molar-refractivity contribution in [1.82, 2.24) is 30.1 Å². The number of fused-ring (bicyclic) bond motifs is 2. The van der Waals surface area contributed by atoms with Crippen LogP contribution >= 0.6 is 11.3 Å². The molecule has 1 aliphatic rings. The van der Waals surface area contributed by atoms with Crippen molar-refractivity contribution in [1.29, 1.82) is 0 Å². The van der Waals surface area contributed by atoms with Gasteiger partial charge in [0.15, 0.2) is 0 Å². The molecule has 0 aliphatic heterocycles. The molecular formula is C28H23N7OS. The molecule has 0 unspecified atom stereocenters. The minimum absolute atomic E-state index is 0.0658. The van der Waals surface area contributed by atoms with Crippen LogP contribution in [0.2, 0.25) is 0 Å². The van der Waals surface area contributed by atoms with Crippen molar-refractivity contribution in [3.8, 4) is 33.2 Å². The van der Waals surface area contributed by atoms with Crippen molar-refractivity contribution in [2.24, 2.45) is 5.92 Å². The summed E-state index contributed by atoms with van der Waals surface area (Å²) in [6.45, 7) is 2.10. The van der Waals surface area contributed by atoms with Crippen LogP contribution < -0.4 is 5.32 Å². The van der Waals surface area contributed by atoms with Crippen LogP contribution in [0.3, 0.4) is 0 Å². The standard InChI is InChI=1S/C28H23N7OS/c1-15-5-6-25(37-15)27-19-11-23(33-21(19)7-8-30-27)26-20-10-22(31-14-24(20)34-35-26)17-9-18(13-29-12-17)32-28(36)16-3-2-4-16/h5-14,16,33H,2-4H2,1H3,(H,32,36)(H,34,35). The number of aromatic nitrogens is 6. The van der Waals surface area contributed by atoms with E-state index in [1.54, 1.807) is 29.9 Å². The Bertz CT molecular complexity index is 1790. The van der Waals surface area contributed by atoms with E-state index in [1.165, 1.54) is 4.88 Å². The normalized spacial score (nSPS) is 13.8. The van der Waals surface area contributed by atoms with Gasteiger partial charge in [-0.1, -0.05) is 6.42 Å². The molecule has 0 atom stereocenters. The predicted molar refractivity (Wildman–Crippen MR) is 146 cm³/mol. The molecule has 7 rings (SSSR count). The van der Waals surface area contributed by atoms with Gasteiger partial charge in [-0.3, -0.25) is 24.8 Å². The molecular weight excluding hydrogens is 482 g/mol. The average molecular weight is 506 g/mol. The maximum atomic E-state index is 12.4. The quantitative estimate of drug-likeness (QED) is 0.253. The van der Waals surface area contributed by atoms with E-state index in [0.29, 0.717) is 5.69 Å². The van der Waals surface area contributed by atoms with E-state index < -0.39 is 0 Å². The Balaban J connectivity index is 1.26. The smallest absolute Gasteiger partial charge is 0.227 e. The summed E-state index contributed by atoms with van der Waals surface area (Å²) in [6.07, 6.45) is 10.1. The summed E-state index contributed by atoms with van der Waals surface area (Å²) in [7, 11) is 0. The third-order valence-corrected chi connectivity index (χ3v) is 8.01. The molecule has 9 heteroatoms. The number of nitrogens with zero attached hydrogens (tertiary/aromatic N) is 4. The Morgan fingerprint density at radius 2 is 1.89 bits per heavy atom. The number of thiophene rings is 1. The minimum Gasteiger partial charge on any atom is -0.353 e. The summed E-state index contributed by atoms with van der Waals surface area (Å²) in [6, 6.07) is 12.3. The summed E-state index contributed by atoms with van der Waals surface area (Å²) >= 11 is 1.74. The Morgan fingerprint density at radius 1 is 1.00 bits per heavy atom. The molecule has 6 aromatic rings. The average Bonchev–Trinajstić information content (AvgIpc) is 3.60. The molecule has 3 N–H and O–H groups in total. The lowest BCUT2D eigenvalue weighted by atomic mass is 9.85. The lowest BCUT2D eigenvalue weighted by Gasteiger charge is -2.24. The highest BCUT2D eigenvalue weighted by Gasteiger charge is 2.25. The van der Waals surface area contributed by atoms with Crippen molar-refractivity contribution < 1.29 is 4.79 Å². The van der Waals surface area contributed by atoms with Gasteiger partial charge < -0.3 is 10.3 Å². The van der Waals surface area contributed by atoms with E-state index in [2.05, 4.69) is 60.6 Å². The molecule has 1 fully saturated rings. The van der Waals surface area contributed by atoms with Gasteiger partial charge in [-0.15, -0.1) is 11.3 Å². The molecule has 0 saturated heterocycles. The Kier molecular flexibility index (Phi) is 5.10. The fraction of sp³-hybridized carbons (Fsp3) is 0.179. The largest absolute Gasteiger partial charge is 0.353 e. The number of carbonyl (C=O) groups excluding carboxylic acids is 1. The summed E-state index contributed by atoms with van der Waals surface area (Å²) in [4.78, 5) is 31.9. The van der Waals surface area contributed by atoms with E-state index in [0.717, 1.165) is 74.3 Å². The molecule has 37 heavy (non-hydrogen) atoms. The van der Waals surface area contributed by atoms with E-state index >= 15 is 0 Å². The van der Waals surface area contributed by atoms with Crippen LogP contribution in [0, 0.1) is 12.8 Å². The minimum atomic E-state index is 0.0658. The molecule has 182 valence electrons. The fourth-order valence-corrected chi connectivity index (χ4v) is 5.66. The molecule has 6 aromatic heterocycles. The maximum absolute atomic E-state index is 12.4. The SMILES string of the molecule is Cc1ccc(-c2nccc3[nH]c(-c4n[nH]c5cnc(-c6cncc(NC(=O)C7CCC7)c6)cc45)cc23)s1. The van der Waals surface area contributed by atoms with E-state index in [4.69, 9.17) is 0 Å². The molecule has 0 aromatic carbocycles. The van der Waals surface area contributed by atoms with Crippen molar-refractivity contribution in [3.63, 3.8) is 0 Å². The molecule has 0 spiro atoms. The van der Waals surface area contributed by atoms with Crippen LogP contribution in [0.4, 0.5) is 5.69 Å². The third-order valence-electron chi connectivity index (χ3n) is 7.00. The van der Waals surface area contributed by atoms with Crippen molar-refractivity contribution in [2.45, 2.75) is 26.2 Å². The maximum Gasteiger partial charge on any atom is 0.227 e. The number of H-pyrrole nitrogens is 2. The monoisotopic (exact) mass is 505 g/mol. The van der Waals surface area contributed by atoms with Gasteiger partial charge in [0.05, 0.1) is 45.6 Å². The van der Waals surface area contributed by atoms with Crippen LogP contribution in [0.25, 0.3) is 55.0 Å². The Morgan fingerprint density at radius 3 is 2.70 bits per heavy atom. The summed E-state index contributed by atoms with van der Waals surface area (Å²) in [5.41, 5.74) is 6.80. The second kappa shape index (κ2) is 8.63. The van der Waals surface area contributed by atoms with Gasteiger partial charge in [-0.05, 0) is 56.2 Å². The lowest BCUT2D eigenvalue weighted by Crippen LogP contribution is -2.28. The number of nitrogens with one attached hydrogen (secondary N) is 3. The zero-order valence-electron chi connectivity index (χ0n) is 20.1. The van der Waals surface area contributed by atoms with E-state index in [-0.39, 0.29) is 11.8 Å². The topological polar surface area (TPSA) is 112 Å². The first-order valence-corrected chi connectivity index (χ1v) is 13.1. The van der Waals surface area contributed by atoms with Crippen LogP contribution in [0.15, 0.2) is 61.2 Å². The number of carbonyl (C=O) groups is 1. The van der Waals surface area contributed by atoms with Crippen LogP contribution in [0.1, 0.15) is 24.1 Å². The van der Waals surface area contributed by atoms with Gasteiger partial charge in [0, 0.05) is 45.0 Å². The van der Waals surface area contributed by atoms with E-state index in [1.807, 2.05) is 24.4 Å². The summed E-state index contributed by atoms with van der Waals surface area (Å²) in [5, 5.41) is 12.7. The molecule has 6 heterocycles. The molecule has 1 amide bonds. The van der Waals surface area contributed by atoms with Crippen LogP contribution in [0.5, 0.6) is 0 Å². The first-order chi connectivity index (χ1) is 18.1. The second-order valence-corrected chi connectivity index (χ2v) is 10.8. The second-order valence-electron chi connectivity index (χ2n) is 9.48. The molecule has 8 nitrogen and oxygen atoms in total. The van der Waals surface area contributed by atoms with Gasteiger partial charge in [-0.2, -0.15) is 5.10 Å². The number of aryl methyl sites for hydroxylation is 1. The molecule has 0 radical (unpaired) electrons. The number of hydrogen-bond acceptors (Lipinski definition) is 6. The number of anilines is 1. The molecule has 1 aliphatic carbocycles. The van der Waals surface area contributed by atoms with Gasteiger partial charge >= 0.3 is 0 Å². The molecule has 1 saturated carbocycles. The van der Waals surface area contributed by atoms with Gasteiger partial charge in [-0.25, -0.2) is 0 Å². The van der Waals surface area contributed by atoms with Crippen molar-refractivity contribution in [3.05, 3.63) is 66.1 Å². The van der Waals surface area contributed by atoms with Crippen molar-refractivity contribution in [2.75, 3.05) is 5.32 Å². The molecule has 0 bridgehead atoms. The number of amides is 1. The Hall–Kier alpha value is -4.37. The number of rotatable bonds is 5. The third kappa shape index (κ3) is 3.88. The Labute approximate surface area is 216 Å². The lowest BCUT2D eigenvalue weighted by molar-refractivity contribution is -0.122. The first-order valence-electron chi connectivity index (χ1n) is 12.3. The van der Waals surface area contributed by atoms with Gasteiger partial charge in [0.25, 0.3) is 0 Å². The van der Waals surface area contributed by atoms with Crippen LogP contribution in [-0.2, 0) is 4.79 Å². The highest BCUT2D eigenvalue weighted by molar-refractivity contribution is 7.15. The van der Waals surface area contributed by atoms with E-state index in [9.17, 15) is 4.79 Å². The van der Waals surface area contributed by atoms with Gasteiger partial charge in [0.1, 0.15) is 5.69 Å². The highest BCUT2D eigenvalue weighted by Crippen LogP contribution is 2.36. The first kappa shape index (κ1) is 21.9. The van der Waals surface area contributed by atoms with Gasteiger partial charge in [0.2, 0.25) is 5.91 Å². The fourth-order valence-electron chi connectivity index (χ4n) is 4.78. The number of aromatic amines is 2. The predicted octanol–water partition coefficient (Wildman–Crippen LogP) is 6.34. The zero-order valence-corrected chi connectivity index (χ0v) is 20.9. The highest BCUT2D eigenvalue weighted by atomic mass is 32.1. The zero-order chi connectivity index (χ0) is 24.9. The van der Waals surface area contributed by atoms with Crippen molar-refractivity contribution >= 4 is 44.7 Å². The number of hydrogen-bond donors (Lipinski definition) is 3. The summed E-state index contributed by atoms with van der Waals surface area (Å²) < 4.78 is 0. The number of pyridine rings is 3. The summed E-state index contributed by atoms with van der Waals surface area (Å²) in [5.74, 6) is 0.179. The van der Waals surface area contributed by atoms with Crippen LogP contribution in [-0.4, -0.2) is 36.0 Å².